The fourth-order valence-corrected chi connectivity index (χ4v) is 7.04. The smallest absolute Gasteiger partial charge is 0.455 e. The van der Waals surface area contributed by atoms with Crippen LogP contribution in [0.1, 0.15) is 69.5 Å². The minimum atomic E-state index is -1.09. The minimum absolute atomic E-state index is 0.0602. The van der Waals surface area contributed by atoms with Crippen LogP contribution < -0.4 is 0 Å². The molecule has 2 aromatic rings. The number of aromatic hydroxyl groups is 1. The molecule has 1 aromatic heterocycles. The molecule has 232 valence electrons. The number of amides is 2. The first-order chi connectivity index (χ1) is 21.2. The Kier molecular flexibility index (Phi) is 9.95. The third kappa shape index (κ3) is 6.79. The first-order valence-electron chi connectivity index (χ1n) is 15.4. The summed E-state index contributed by atoms with van der Waals surface area (Å²) < 4.78 is 20.2. The summed E-state index contributed by atoms with van der Waals surface area (Å²) >= 11 is 0. The van der Waals surface area contributed by atoms with Crippen LogP contribution in [0, 0.1) is 23.6 Å². The van der Waals surface area contributed by atoms with Crippen molar-refractivity contribution in [1.82, 2.24) is 9.88 Å². The number of halogens is 1. The number of carboxylic acids is 1. The number of aliphatic carboxylic acids is 1. The number of rotatable bonds is 12. The average molecular weight is 604 g/mol. The summed E-state index contributed by atoms with van der Waals surface area (Å²) in [4.78, 5) is 43.8. The lowest BCUT2D eigenvalue weighted by Crippen LogP contribution is -2.46. The van der Waals surface area contributed by atoms with Gasteiger partial charge in [0.15, 0.2) is 11.6 Å². The van der Waals surface area contributed by atoms with E-state index in [-0.39, 0.29) is 37.0 Å². The first kappa shape index (κ1) is 31.6. The van der Waals surface area contributed by atoms with E-state index >= 15 is 0 Å². The van der Waals surface area contributed by atoms with Crippen molar-refractivity contribution in [3.05, 3.63) is 70.8 Å². The van der Waals surface area contributed by atoms with Crippen molar-refractivity contribution in [1.29, 1.82) is 0 Å². The SMILES string of the molecule is CCC1=C2[C@@H](CC/C(=C/c3ccc(O)c(F)c3)c3ccccn3)OB(O)C[C@@H]2[C@@H]2C(=O)N(CCCCCC(=O)O)C(=O)[C@@H]2C1. The van der Waals surface area contributed by atoms with Gasteiger partial charge in [0.25, 0.3) is 0 Å². The largest absolute Gasteiger partial charge is 0.505 e. The predicted molar refractivity (Wildman–Crippen MR) is 162 cm³/mol. The molecule has 2 saturated heterocycles. The van der Waals surface area contributed by atoms with Gasteiger partial charge in [0.2, 0.25) is 11.8 Å². The number of imide groups is 1. The van der Waals surface area contributed by atoms with Gasteiger partial charge in [-0.3, -0.25) is 24.3 Å². The zero-order valence-corrected chi connectivity index (χ0v) is 24.8. The molecule has 3 N–H and O–H groups in total. The molecule has 2 amide bonds. The van der Waals surface area contributed by atoms with Crippen molar-refractivity contribution < 1.29 is 38.7 Å². The van der Waals surface area contributed by atoms with Crippen molar-refractivity contribution in [2.24, 2.45) is 17.8 Å². The Hall–Kier alpha value is -3.83. The monoisotopic (exact) mass is 604 g/mol. The van der Waals surface area contributed by atoms with Gasteiger partial charge in [0, 0.05) is 19.2 Å². The maximum absolute atomic E-state index is 14.1. The van der Waals surface area contributed by atoms with Gasteiger partial charge in [-0.05, 0) is 97.8 Å². The third-order valence-corrected chi connectivity index (χ3v) is 9.08. The highest BCUT2D eigenvalue weighted by atomic mass is 19.1. The van der Waals surface area contributed by atoms with Gasteiger partial charge in [-0.2, -0.15) is 0 Å². The molecule has 5 rings (SSSR count). The number of pyridine rings is 1. The van der Waals surface area contributed by atoms with Gasteiger partial charge in [0.1, 0.15) is 0 Å². The lowest BCUT2D eigenvalue weighted by atomic mass is 9.58. The molecule has 0 unspecified atom stereocenters. The second-order valence-corrected chi connectivity index (χ2v) is 11.8. The second-order valence-electron chi connectivity index (χ2n) is 11.8. The highest BCUT2D eigenvalue weighted by Crippen LogP contribution is 2.51. The Morgan fingerprint density at radius 3 is 2.66 bits per heavy atom. The zero-order chi connectivity index (χ0) is 31.4. The molecule has 0 saturated carbocycles. The first-order valence-corrected chi connectivity index (χ1v) is 15.4. The number of benzene rings is 1. The van der Waals surface area contributed by atoms with Gasteiger partial charge in [-0.15, -0.1) is 0 Å². The standard InChI is InChI=1S/C33H38BFN2O7/c1-2-21-18-23-31(33(42)37(32(23)41)15-7-3-4-9-29(39)40)24-19-34(43)44-28(30(21)24)13-11-22(26-8-5-6-14-36-26)16-20-10-12-27(38)25(35)17-20/h5-6,8,10,12,14,16-17,23-24,28,31,38,43H,2-4,7,9,11,13,15,18-19H2,1H3,(H,39,40)/b22-16-/t23-,24+,28-,31-/m1/s1. The van der Waals surface area contributed by atoms with E-state index in [1.54, 1.807) is 12.3 Å². The Bertz CT molecular complexity index is 1460. The number of likely N-dealkylation sites (tertiary alicyclic amines) is 1. The van der Waals surface area contributed by atoms with Gasteiger partial charge in [0.05, 0.1) is 23.6 Å². The van der Waals surface area contributed by atoms with Crippen molar-refractivity contribution in [3.8, 4) is 5.75 Å². The summed E-state index contributed by atoms with van der Waals surface area (Å²) in [7, 11) is -1.09. The molecule has 2 aliphatic heterocycles. The number of phenols is 1. The number of carbonyl (C=O) groups excluding carboxylic acids is 2. The van der Waals surface area contributed by atoms with Crippen molar-refractivity contribution in [2.45, 2.75) is 70.7 Å². The molecule has 1 aliphatic carbocycles. The molecule has 1 aromatic carbocycles. The number of carboxylic acid groups (broad SMARTS) is 1. The van der Waals surface area contributed by atoms with Crippen molar-refractivity contribution in [3.63, 3.8) is 0 Å². The summed E-state index contributed by atoms with van der Waals surface area (Å²) in [5.74, 6) is -3.75. The molecule has 2 fully saturated rings. The van der Waals surface area contributed by atoms with Gasteiger partial charge in [-0.25, -0.2) is 4.39 Å². The van der Waals surface area contributed by atoms with Crippen LogP contribution in [0.5, 0.6) is 5.75 Å². The molecule has 0 bridgehead atoms. The van der Waals surface area contributed by atoms with E-state index in [0.29, 0.717) is 56.2 Å². The molecule has 3 aliphatic rings. The number of carbonyl (C=O) groups is 3. The fourth-order valence-electron chi connectivity index (χ4n) is 7.04. The van der Waals surface area contributed by atoms with Crippen LogP contribution in [0.25, 0.3) is 11.6 Å². The van der Waals surface area contributed by atoms with Crippen LogP contribution in [-0.4, -0.2) is 62.7 Å². The van der Waals surface area contributed by atoms with E-state index in [9.17, 15) is 28.9 Å². The molecule has 4 atom stereocenters. The van der Waals surface area contributed by atoms with Gasteiger partial charge < -0.3 is 19.9 Å². The number of nitrogens with zero attached hydrogens (tertiary/aromatic N) is 2. The lowest BCUT2D eigenvalue weighted by Gasteiger charge is -2.43. The van der Waals surface area contributed by atoms with Crippen LogP contribution in [0.4, 0.5) is 4.39 Å². The predicted octanol–water partition coefficient (Wildman–Crippen LogP) is 5.10. The van der Waals surface area contributed by atoms with Gasteiger partial charge >= 0.3 is 13.1 Å². The quantitative estimate of drug-likeness (QED) is 0.132. The molecule has 0 radical (unpaired) electrons. The van der Waals surface area contributed by atoms with E-state index in [1.807, 2.05) is 31.2 Å². The number of hydrogen-bond donors (Lipinski definition) is 3. The number of unbranched alkanes of at least 4 members (excludes halogenated alkanes) is 2. The highest BCUT2D eigenvalue weighted by Gasteiger charge is 2.56. The van der Waals surface area contributed by atoms with Crippen molar-refractivity contribution in [2.75, 3.05) is 6.54 Å². The zero-order valence-electron chi connectivity index (χ0n) is 24.8. The van der Waals surface area contributed by atoms with Crippen LogP contribution in [-0.2, 0) is 19.0 Å². The van der Waals surface area contributed by atoms with Crippen LogP contribution in [0.3, 0.4) is 0 Å². The van der Waals surface area contributed by atoms with Gasteiger partial charge in [-0.1, -0.05) is 31.1 Å². The summed E-state index contributed by atoms with van der Waals surface area (Å²) in [5, 5.41) is 29.3. The van der Waals surface area contributed by atoms with E-state index in [1.165, 1.54) is 17.0 Å². The van der Waals surface area contributed by atoms with Crippen LogP contribution in [0.2, 0.25) is 6.32 Å². The molecule has 44 heavy (non-hydrogen) atoms. The summed E-state index contributed by atoms with van der Waals surface area (Å²) in [6, 6.07) is 9.72. The van der Waals surface area contributed by atoms with E-state index < -0.39 is 42.6 Å². The second kappa shape index (κ2) is 13.9. The number of hydrogen-bond acceptors (Lipinski definition) is 7. The fraction of sp³-hybridized carbons (Fsp3) is 0.455. The van der Waals surface area contributed by atoms with E-state index in [0.717, 1.165) is 16.7 Å². The lowest BCUT2D eigenvalue weighted by molar-refractivity contribution is -0.141. The third-order valence-electron chi connectivity index (χ3n) is 9.08. The maximum Gasteiger partial charge on any atom is 0.455 e. The Morgan fingerprint density at radius 1 is 1.14 bits per heavy atom. The minimum Gasteiger partial charge on any atom is -0.505 e. The molecular formula is C33H38BFN2O7. The number of phenolic OH excluding ortho intramolecular Hbond substituents is 1. The molecule has 11 heteroatoms. The maximum atomic E-state index is 14.1. The molecule has 9 nitrogen and oxygen atoms in total. The van der Waals surface area contributed by atoms with Crippen LogP contribution in [0.15, 0.2) is 53.7 Å². The molecular weight excluding hydrogens is 566 g/mol. The number of aromatic nitrogens is 1. The Balaban J connectivity index is 1.37. The Labute approximate surface area is 256 Å². The summed E-state index contributed by atoms with van der Waals surface area (Å²) in [6.07, 6.45) is 7.10. The van der Waals surface area contributed by atoms with E-state index in [4.69, 9.17) is 9.76 Å². The topological polar surface area (TPSA) is 137 Å². The molecule has 0 spiro atoms. The summed E-state index contributed by atoms with van der Waals surface area (Å²) in [5.41, 5.74) is 4.18. The Morgan fingerprint density at radius 2 is 1.95 bits per heavy atom. The van der Waals surface area contributed by atoms with Crippen molar-refractivity contribution >= 4 is 36.6 Å². The molecule has 3 heterocycles. The van der Waals surface area contributed by atoms with Crippen LogP contribution >= 0.6 is 0 Å². The summed E-state index contributed by atoms with van der Waals surface area (Å²) in [6.45, 7) is 2.30. The normalized spacial score (nSPS) is 23.7. The van der Waals surface area contributed by atoms with E-state index in [2.05, 4.69) is 4.98 Å². The average Bonchev–Trinajstić information content (AvgIpc) is 3.24. The highest BCUT2D eigenvalue weighted by molar-refractivity contribution is 6.43. The number of allylic oxidation sites excluding steroid dienone is 2. The number of fused-ring (bicyclic) bond motifs is 3.